The largest absolute Gasteiger partial charge is 0.349 e. The van der Waals surface area contributed by atoms with E-state index in [1.165, 1.54) is 0 Å². The summed E-state index contributed by atoms with van der Waals surface area (Å²) in [5, 5.41) is 3.38. The average molecular weight is 338 g/mol. The van der Waals surface area contributed by atoms with Crippen LogP contribution < -0.4 is 5.32 Å². The smallest absolute Gasteiger partial charge is 0.238 e. The van der Waals surface area contributed by atoms with Crippen LogP contribution in [0.2, 0.25) is 5.02 Å². The van der Waals surface area contributed by atoms with E-state index in [2.05, 4.69) is 5.32 Å². The van der Waals surface area contributed by atoms with Gasteiger partial charge in [0, 0.05) is 20.6 Å². The quantitative estimate of drug-likeness (QED) is 0.917. The number of hydrogen-bond acceptors (Lipinski definition) is 3. The van der Waals surface area contributed by atoms with Crippen molar-refractivity contribution in [2.75, 3.05) is 39.0 Å². The Morgan fingerprint density at radius 3 is 2.78 bits per heavy atom. The zero-order chi connectivity index (χ0) is 17.0. The van der Waals surface area contributed by atoms with Gasteiger partial charge in [0.1, 0.15) is 0 Å². The molecule has 1 heterocycles. The first-order chi connectivity index (χ1) is 10.9. The third kappa shape index (κ3) is 4.94. The second kappa shape index (κ2) is 7.79. The second-order valence-electron chi connectivity index (χ2n) is 6.34. The highest BCUT2D eigenvalue weighted by atomic mass is 35.5. The molecule has 1 aliphatic heterocycles. The van der Waals surface area contributed by atoms with Crippen molar-refractivity contribution in [1.82, 2.24) is 9.80 Å². The van der Waals surface area contributed by atoms with Crippen LogP contribution in [0, 0.1) is 12.8 Å². The van der Waals surface area contributed by atoms with Gasteiger partial charge in [0.25, 0.3) is 0 Å². The summed E-state index contributed by atoms with van der Waals surface area (Å²) in [5.74, 6) is 0.0138. The molecule has 1 saturated heterocycles. The number of piperidine rings is 1. The minimum Gasteiger partial charge on any atom is -0.349 e. The Kier molecular flexibility index (Phi) is 6.02. The van der Waals surface area contributed by atoms with Crippen molar-refractivity contribution in [3.63, 3.8) is 0 Å². The molecule has 0 aromatic heterocycles. The predicted octanol–water partition coefficient (Wildman–Crippen LogP) is 2.39. The van der Waals surface area contributed by atoms with E-state index in [4.69, 9.17) is 11.6 Å². The van der Waals surface area contributed by atoms with Crippen molar-refractivity contribution in [2.45, 2.75) is 19.8 Å². The number of halogens is 1. The fourth-order valence-corrected chi connectivity index (χ4v) is 3.16. The zero-order valence-electron chi connectivity index (χ0n) is 13.9. The van der Waals surface area contributed by atoms with Crippen LogP contribution in [0.5, 0.6) is 0 Å². The van der Waals surface area contributed by atoms with Gasteiger partial charge in [-0.2, -0.15) is 0 Å². The molecular weight excluding hydrogens is 314 g/mol. The predicted molar refractivity (Wildman–Crippen MR) is 92.7 cm³/mol. The van der Waals surface area contributed by atoms with E-state index >= 15 is 0 Å². The zero-order valence-corrected chi connectivity index (χ0v) is 14.7. The number of hydrogen-bond donors (Lipinski definition) is 1. The molecule has 2 amide bonds. The Morgan fingerprint density at radius 1 is 1.39 bits per heavy atom. The molecule has 0 aliphatic carbocycles. The van der Waals surface area contributed by atoms with E-state index in [-0.39, 0.29) is 24.3 Å². The van der Waals surface area contributed by atoms with Gasteiger partial charge in [-0.25, -0.2) is 0 Å². The van der Waals surface area contributed by atoms with E-state index in [0.29, 0.717) is 17.3 Å². The molecule has 0 spiro atoms. The Balaban J connectivity index is 1.91. The highest BCUT2D eigenvalue weighted by molar-refractivity contribution is 6.33. The van der Waals surface area contributed by atoms with Gasteiger partial charge in [0.05, 0.1) is 23.2 Å². The van der Waals surface area contributed by atoms with Crippen LogP contribution in [0.3, 0.4) is 0 Å². The van der Waals surface area contributed by atoms with Crippen LogP contribution >= 0.6 is 11.6 Å². The molecule has 1 aromatic carbocycles. The number of amides is 2. The number of benzene rings is 1. The van der Waals surface area contributed by atoms with Gasteiger partial charge < -0.3 is 10.2 Å². The van der Waals surface area contributed by atoms with Gasteiger partial charge in [-0.15, -0.1) is 0 Å². The molecule has 0 radical (unpaired) electrons. The normalized spacial score (nSPS) is 18.5. The van der Waals surface area contributed by atoms with Crippen LogP contribution in [-0.4, -0.2) is 55.3 Å². The van der Waals surface area contributed by atoms with Crippen LogP contribution in [0.4, 0.5) is 5.69 Å². The standard InChI is InChI=1S/C17H24ClN3O2/c1-12-6-7-15(14(18)9-12)19-16(22)11-21-8-4-5-13(10-21)17(23)20(2)3/h6-7,9,13H,4-5,8,10-11H2,1-3H3,(H,19,22)/t13-/m1/s1. The molecule has 0 unspecified atom stereocenters. The van der Waals surface area contributed by atoms with Crippen molar-refractivity contribution < 1.29 is 9.59 Å². The SMILES string of the molecule is Cc1ccc(NC(=O)CN2CCC[C@@H](C(=O)N(C)C)C2)c(Cl)c1. The van der Waals surface area contributed by atoms with Crippen molar-refractivity contribution >= 4 is 29.1 Å². The Bertz CT molecular complexity index is 589. The first-order valence-corrected chi connectivity index (χ1v) is 8.24. The van der Waals surface area contributed by atoms with E-state index in [0.717, 1.165) is 24.9 Å². The molecule has 1 aromatic rings. The summed E-state index contributed by atoms with van der Waals surface area (Å²) in [5.41, 5.74) is 1.68. The third-order valence-electron chi connectivity index (χ3n) is 4.06. The summed E-state index contributed by atoms with van der Waals surface area (Å²) in [6.45, 7) is 3.70. The van der Waals surface area contributed by atoms with Crippen molar-refractivity contribution in [2.24, 2.45) is 5.92 Å². The summed E-state index contributed by atoms with van der Waals surface area (Å²) in [4.78, 5) is 28.0. The average Bonchev–Trinajstić information content (AvgIpc) is 2.49. The maximum Gasteiger partial charge on any atom is 0.238 e. The fraction of sp³-hybridized carbons (Fsp3) is 0.529. The Labute approximate surface area is 142 Å². The molecule has 1 aliphatic rings. The Morgan fingerprint density at radius 2 is 2.13 bits per heavy atom. The lowest BCUT2D eigenvalue weighted by Gasteiger charge is -2.32. The number of anilines is 1. The van der Waals surface area contributed by atoms with Gasteiger partial charge >= 0.3 is 0 Å². The fourth-order valence-electron chi connectivity index (χ4n) is 2.88. The van der Waals surface area contributed by atoms with Crippen molar-refractivity contribution in [3.8, 4) is 0 Å². The van der Waals surface area contributed by atoms with E-state index in [1.807, 2.05) is 30.0 Å². The van der Waals surface area contributed by atoms with Crippen molar-refractivity contribution in [1.29, 1.82) is 0 Å². The molecule has 0 bridgehead atoms. The summed E-state index contributed by atoms with van der Waals surface area (Å²) in [7, 11) is 3.54. The molecule has 0 saturated carbocycles. The van der Waals surface area contributed by atoms with E-state index in [1.54, 1.807) is 19.0 Å². The molecule has 1 N–H and O–H groups in total. The van der Waals surface area contributed by atoms with Gasteiger partial charge in [-0.1, -0.05) is 17.7 Å². The minimum absolute atomic E-state index is 0.0190. The molecule has 1 fully saturated rings. The summed E-state index contributed by atoms with van der Waals surface area (Å²) in [6, 6.07) is 5.54. The first kappa shape index (κ1) is 17.8. The van der Waals surface area contributed by atoms with Crippen LogP contribution in [0.15, 0.2) is 18.2 Å². The van der Waals surface area contributed by atoms with Crippen LogP contribution in [0.1, 0.15) is 18.4 Å². The third-order valence-corrected chi connectivity index (χ3v) is 4.37. The summed E-state index contributed by atoms with van der Waals surface area (Å²) >= 11 is 6.14. The number of aryl methyl sites for hydroxylation is 1. The number of likely N-dealkylation sites (tertiary alicyclic amines) is 1. The molecular formula is C17H24ClN3O2. The highest BCUT2D eigenvalue weighted by Crippen LogP contribution is 2.23. The first-order valence-electron chi connectivity index (χ1n) is 7.86. The molecule has 6 heteroatoms. The maximum atomic E-state index is 12.2. The highest BCUT2D eigenvalue weighted by Gasteiger charge is 2.27. The van der Waals surface area contributed by atoms with E-state index in [9.17, 15) is 9.59 Å². The number of nitrogens with one attached hydrogen (secondary N) is 1. The van der Waals surface area contributed by atoms with E-state index < -0.39 is 0 Å². The molecule has 126 valence electrons. The summed E-state index contributed by atoms with van der Waals surface area (Å²) < 4.78 is 0. The molecule has 5 nitrogen and oxygen atoms in total. The molecule has 2 rings (SSSR count). The second-order valence-corrected chi connectivity index (χ2v) is 6.75. The van der Waals surface area contributed by atoms with Crippen molar-refractivity contribution in [3.05, 3.63) is 28.8 Å². The molecule has 1 atom stereocenters. The monoisotopic (exact) mass is 337 g/mol. The summed E-state index contributed by atoms with van der Waals surface area (Å²) in [6.07, 6.45) is 1.82. The van der Waals surface area contributed by atoms with Gasteiger partial charge in [0.2, 0.25) is 11.8 Å². The topological polar surface area (TPSA) is 52.7 Å². The Hall–Kier alpha value is -1.59. The van der Waals surface area contributed by atoms with Gasteiger partial charge in [-0.05, 0) is 44.0 Å². The maximum absolute atomic E-state index is 12.2. The number of carbonyl (C=O) groups is 2. The number of carbonyl (C=O) groups excluding carboxylic acids is 2. The van der Waals surface area contributed by atoms with Crippen LogP contribution in [-0.2, 0) is 9.59 Å². The molecule has 23 heavy (non-hydrogen) atoms. The number of nitrogens with zero attached hydrogens (tertiary/aromatic N) is 2. The minimum atomic E-state index is -0.103. The number of rotatable bonds is 4. The lowest BCUT2D eigenvalue weighted by molar-refractivity contribution is -0.135. The van der Waals surface area contributed by atoms with Gasteiger partial charge in [0.15, 0.2) is 0 Å². The van der Waals surface area contributed by atoms with Gasteiger partial charge in [-0.3, -0.25) is 14.5 Å². The lowest BCUT2D eigenvalue weighted by atomic mass is 9.97. The lowest BCUT2D eigenvalue weighted by Crippen LogP contribution is -2.45. The van der Waals surface area contributed by atoms with Crippen LogP contribution in [0.25, 0.3) is 0 Å².